The van der Waals surface area contributed by atoms with E-state index in [1.54, 1.807) is 4.90 Å². The molecule has 3 amide bonds. The van der Waals surface area contributed by atoms with E-state index in [-0.39, 0.29) is 11.9 Å². The molecule has 1 saturated heterocycles. The molecule has 7 heteroatoms. The summed E-state index contributed by atoms with van der Waals surface area (Å²) in [5.41, 5.74) is -0.668. The Morgan fingerprint density at radius 3 is 2.76 bits per heavy atom. The number of carbonyl (C=O) groups excluding carboxylic acids is 2. The van der Waals surface area contributed by atoms with E-state index in [4.69, 9.17) is 0 Å². The highest BCUT2D eigenvalue weighted by Crippen LogP contribution is 2.37. The van der Waals surface area contributed by atoms with Crippen molar-refractivity contribution in [1.82, 2.24) is 25.0 Å². The van der Waals surface area contributed by atoms with Crippen molar-refractivity contribution in [1.29, 1.82) is 0 Å². The zero-order chi connectivity index (χ0) is 14.9. The quantitative estimate of drug-likeness (QED) is 0.851. The molecule has 1 aliphatic heterocycles. The lowest BCUT2D eigenvalue weighted by Gasteiger charge is -2.37. The van der Waals surface area contributed by atoms with Crippen molar-refractivity contribution in [2.75, 3.05) is 0 Å². The molecular weight excluding hydrogens is 270 g/mol. The number of nitrogens with zero attached hydrogens (tertiary/aromatic N) is 4. The minimum absolute atomic E-state index is 0.145. The number of aromatic nitrogens is 3. The van der Waals surface area contributed by atoms with Crippen LogP contribution in [-0.4, -0.2) is 37.1 Å². The van der Waals surface area contributed by atoms with Crippen LogP contribution in [0.2, 0.25) is 0 Å². The van der Waals surface area contributed by atoms with Crippen molar-refractivity contribution in [3.63, 3.8) is 0 Å². The molecule has 114 valence electrons. The van der Waals surface area contributed by atoms with Crippen LogP contribution < -0.4 is 5.32 Å². The fourth-order valence-electron chi connectivity index (χ4n) is 3.41. The number of amides is 3. The van der Waals surface area contributed by atoms with E-state index < -0.39 is 5.54 Å². The summed E-state index contributed by atoms with van der Waals surface area (Å²) < 4.78 is 1.81. The van der Waals surface area contributed by atoms with Gasteiger partial charge in [-0.25, -0.2) is 14.5 Å². The van der Waals surface area contributed by atoms with Gasteiger partial charge in [0.1, 0.15) is 17.7 Å². The SMILES string of the molecule is CCCn1ncnc1CN1C(=O)NC(=O)C12CCCCC2. The number of hydrogen-bond acceptors (Lipinski definition) is 4. The molecule has 1 aromatic rings. The highest BCUT2D eigenvalue weighted by molar-refractivity contribution is 6.07. The minimum atomic E-state index is -0.668. The van der Waals surface area contributed by atoms with E-state index in [9.17, 15) is 9.59 Å². The third-order valence-electron chi connectivity index (χ3n) is 4.52. The molecule has 1 aromatic heterocycles. The van der Waals surface area contributed by atoms with Gasteiger partial charge in [-0.3, -0.25) is 10.1 Å². The Hall–Kier alpha value is -1.92. The molecule has 1 N–H and O–H groups in total. The van der Waals surface area contributed by atoms with E-state index in [0.717, 1.165) is 50.9 Å². The Morgan fingerprint density at radius 2 is 2.05 bits per heavy atom. The van der Waals surface area contributed by atoms with Crippen LogP contribution in [0.3, 0.4) is 0 Å². The Morgan fingerprint density at radius 1 is 1.29 bits per heavy atom. The van der Waals surface area contributed by atoms with Crippen LogP contribution in [0.5, 0.6) is 0 Å². The van der Waals surface area contributed by atoms with Gasteiger partial charge in [0.15, 0.2) is 0 Å². The molecule has 2 fully saturated rings. The number of urea groups is 1. The zero-order valence-electron chi connectivity index (χ0n) is 12.3. The zero-order valence-corrected chi connectivity index (χ0v) is 12.3. The second kappa shape index (κ2) is 5.46. The normalized spacial score (nSPS) is 21.1. The maximum atomic E-state index is 12.3. The average molecular weight is 291 g/mol. The maximum absolute atomic E-state index is 12.3. The first-order valence-electron chi connectivity index (χ1n) is 7.67. The van der Waals surface area contributed by atoms with Gasteiger partial charge in [-0.1, -0.05) is 26.2 Å². The smallest absolute Gasteiger partial charge is 0.302 e. The molecule has 0 bridgehead atoms. The van der Waals surface area contributed by atoms with Crippen LogP contribution in [0.15, 0.2) is 6.33 Å². The Bertz CT molecular complexity index is 547. The summed E-state index contributed by atoms with van der Waals surface area (Å²) in [7, 11) is 0. The van der Waals surface area contributed by atoms with Crippen molar-refractivity contribution in [3.8, 4) is 0 Å². The summed E-state index contributed by atoms with van der Waals surface area (Å²) in [5.74, 6) is 0.598. The maximum Gasteiger partial charge on any atom is 0.325 e. The third kappa shape index (κ3) is 2.30. The van der Waals surface area contributed by atoms with Gasteiger partial charge in [0.2, 0.25) is 0 Å². The largest absolute Gasteiger partial charge is 0.325 e. The van der Waals surface area contributed by atoms with E-state index >= 15 is 0 Å². The molecular formula is C14H21N5O2. The standard InChI is InChI=1S/C14H21N5O2/c1-2-8-19-11(15-10-16-19)9-18-13(21)17-12(20)14(18)6-4-3-5-7-14/h10H,2-9H2,1H3,(H,17,20,21). The number of imide groups is 1. The predicted molar refractivity (Wildman–Crippen MR) is 75.2 cm³/mol. The number of nitrogens with one attached hydrogen (secondary N) is 1. The number of carbonyl (C=O) groups is 2. The summed E-state index contributed by atoms with van der Waals surface area (Å²) in [6.07, 6.45) is 7.04. The van der Waals surface area contributed by atoms with Gasteiger partial charge in [-0.05, 0) is 19.3 Å². The van der Waals surface area contributed by atoms with Crippen molar-refractivity contribution in [2.24, 2.45) is 0 Å². The topological polar surface area (TPSA) is 80.1 Å². The first-order valence-corrected chi connectivity index (χ1v) is 7.67. The fraction of sp³-hybridized carbons (Fsp3) is 0.714. The van der Waals surface area contributed by atoms with Gasteiger partial charge in [-0.2, -0.15) is 5.10 Å². The molecule has 0 unspecified atom stereocenters. The van der Waals surface area contributed by atoms with Crippen LogP contribution in [0.25, 0.3) is 0 Å². The van der Waals surface area contributed by atoms with Gasteiger partial charge >= 0.3 is 6.03 Å². The van der Waals surface area contributed by atoms with Gasteiger partial charge in [0, 0.05) is 6.54 Å². The molecule has 7 nitrogen and oxygen atoms in total. The Balaban J connectivity index is 1.86. The molecule has 21 heavy (non-hydrogen) atoms. The van der Waals surface area contributed by atoms with Crippen LogP contribution in [0, 0.1) is 0 Å². The van der Waals surface area contributed by atoms with Crippen molar-refractivity contribution in [2.45, 2.75) is 64.1 Å². The highest BCUT2D eigenvalue weighted by atomic mass is 16.2. The first kappa shape index (κ1) is 14.0. The minimum Gasteiger partial charge on any atom is -0.302 e. The van der Waals surface area contributed by atoms with Crippen molar-refractivity contribution in [3.05, 3.63) is 12.2 Å². The van der Waals surface area contributed by atoms with E-state index in [1.807, 2.05) is 4.68 Å². The molecule has 1 saturated carbocycles. The van der Waals surface area contributed by atoms with Gasteiger partial charge < -0.3 is 4.90 Å². The Labute approximate surface area is 123 Å². The molecule has 1 spiro atoms. The average Bonchev–Trinajstić information content (AvgIpc) is 3.00. The van der Waals surface area contributed by atoms with Gasteiger partial charge in [0.05, 0.1) is 6.54 Å². The van der Waals surface area contributed by atoms with Crippen LogP contribution in [-0.2, 0) is 17.9 Å². The summed E-state index contributed by atoms with van der Waals surface area (Å²) in [4.78, 5) is 30.4. The number of rotatable bonds is 4. The predicted octanol–water partition coefficient (Wildman–Crippen LogP) is 1.44. The van der Waals surface area contributed by atoms with Crippen LogP contribution in [0.4, 0.5) is 4.79 Å². The second-order valence-corrected chi connectivity index (χ2v) is 5.84. The Kier molecular flexibility index (Phi) is 3.65. The fourth-order valence-corrected chi connectivity index (χ4v) is 3.41. The van der Waals surface area contributed by atoms with Crippen LogP contribution >= 0.6 is 0 Å². The van der Waals surface area contributed by atoms with E-state index in [0.29, 0.717) is 6.54 Å². The number of hydrogen-bond donors (Lipinski definition) is 1. The summed E-state index contributed by atoms with van der Waals surface area (Å²) >= 11 is 0. The lowest BCUT2D eigenvalue weighted by molar-refractivity contribution is -0.128. The van der Waals surface area contributed by atoms with Gasteiger partial charge in [-0.15, -0.1) is 0 Å². The third-order valence-corrected chi connectivity index (χ3v) is 4.52. The monoisotopic (exact) mass is 291 g/mol. The van der Waals surface area contributed by atoms with E-state index in [1.165, 1.54) is 6.33 Å². The number of aryl methyl sites for hydroxylation is 1. The molecule has 0 radical (unpaired) electrons. The molecule has 2 aliphatic rings. The molecule has 3 rings (SSSR count). The molecule has 0 atom stereocenters. The summed E-state index contributed by atoms with van der Waals surface area (Å²) in [5, 5.41) is 6.67. The second-order valence-electron chi connectivity index (χ2n) is 5.84. The van der Waals surface area contributed by atoms with Crippen molar-refractivity contribution < 1.29 is 9.59 Å². The lowest BCUT2D eigenvalue weighted by atomic mass is 9.80. The van der Waals surface area contributed by atoms with Crippen LogP contribution in [0.1, 0.15) is 51.3 Å². The first-order chi connectivity index (χ1) is 10.2. The molecule has 0 aromatic carbocycles. The summed E-state index contributed by atoms with van der Waals surface area (Å²) in [6, 6.07) is -0.298. The van der Waals surface area contributed by atoms with E-state index in [2.05, 4.69) is 22.3 Å². The molecule has 2 heterocycles. The highest BCUT2D eigenvalue weighted by Gasteiger charge is 2.53. The summed E-state index contributed by atoms with van der Waals surface area (Å²) in [6.45, 7) is 3.18. The lowest BCUT2D eigenvalue weighted by Crippen LogP contribution is -2.50. The molecule has 1 aliphatic carbocycles. The van der Waals surface area contributed by atoms with Gasteiger partial charge in [0.25, 0.3) is 5.91 Å². The van der Waals surface area contributed by atoms with Crippen molar-refractivity contribution >= 4 is 11.9 Å².